The number of amides is 1. The van der Waals surface area contributed by atoms with E-state index in [-0.39, 0.29) is 6.10 Å². The van der Waals surface area contributed by atoms with Crippen molar-refractivity contribution in [1.29, 1.82) is 5.41 Å². The highest BCUT2D eigenvalue weighted by atomic mass is 32.1. The summed E-state index contributed by atoms with van der Waals surface area (Å²) in [7, 11) is 1.30. The SMILES string of the molecule is CC1CCc2c(sc3ncnc(Nc4cc(C=N)c(N)cc4OC(C)C)c23)C1.CN(C=O)CC(F)F. The third kappa shape index (κ3) is 6.66. The Morgan fingerprint density at radius 3 is 2.72 bits per heavy atom. The highest BCUT2D eigenvalue weighted by Gasteiger charge is 2.23. The summed E-state index contributed by atoms with van der Waals surface area (Å²) in [6.45, 7) is 5.78. The van der Waals surface area contributed by atoms with Crippen molar-refractivity contribution >= 4 is 51.4 Å². The maximum atomic E-state index is 11.3. The van der Waals surface area contributed by atoms with E-state index in [1.165, 1.54) is 30.1 Å². The number of nitrogens with zero attached hydrogens (tertiary/aromatic N) is 3. The van der Waals surface area contributed by atoms with Gasteiger partial charge in [-0.3, -0.25) is 4.79 Å². The fraction of sp³-hybridized carbons (Fsp3) is 0.440. The highest BCUT2D eigenvalue weighted by molar-refractivity contribution is 7.19. The topological polar surface area (TPSA) is 117 Å². The lowest BCUT2D eigenvalue weighted by Crippen LogP contribution is -2.22. The average Bonchev–Trinajstić information content (AvgIpc) is 3.18. The second-order valence-corrected chi connectivity index (χ2v) is 10.2. The van der Waals surface area contributed by atoms with E-state index in [1.54, 1.807) is 23.7 Å². The molecule has 2 aromatic heterocycles. The minimum atomic E-state index is -2.43. The van der Waals surface area contributed by atoms with Gasteiger partial charge in [0.15, 0.2) is 0 Å². The predicted molar refractivity (Wildman–Crippen MR) is 141 cm³/mol. The van der Waals surface area contributed by atoms with Crippen LogP contribution in [-0.4, -0.2) is 53.6 Å². The molecule has 0 spiro atoms. The van der Waals surface area contributed by atoms with Crippen molar-refractivity contribution in [2.24, 2.45) is 5.92 Å². The number of hydrogen-bond donors (Lipinski definition) is 3. The van der Waals surface area contributed by atoms with Gasteiger partial charge in [-0.05, 0) is 50.7 Å². The van der Waals surface area contributed by atoms with E-state index >= 15 is 0 Å². The number of nitrogen functional groups attached to an aromatic ring is 1. The number of nitrogens with one attached hydrogen (secondary N) is 2. The van der Waals surface area contributed by atoms with Crippen LogP contribution < -0.4 is 15.8 Å². The summed E-state index contributed by atoms with van der Waals surface area (Å²) >= 11 is 1.77. The van der Waals surface area contributed by atoms with Crippen molar-refractivity contribution < 1.29 is 18.3 Å². The molecule has 0 aliphatic heterocycles. The Morgan fingerprint density at radius 1 is 1.36 bits per heavy atom. The Kier molecular flexibility index (Phi) is 9.14. The van der Waals surface area contributed by atoms with Gasteiger partial charge in [-0.25, -0.2) is 18.7 Å². The zero-order valence-electron chi connectivity index (χ0n) is 20.8. The maximum absolute atomic E-state index is 11.3. The van der Waals surface area contributed by atoms with Gasteiger partial charge in [0, 0.05) is 35.5 Å². The van der Waals surface area contributed by atoms with Gasteiger partial charge in [-0.1, -0.05) is 6.92 Å². The molecule has 1 aromatic carbocycles. The maximum Gasteiger partial charge on any atom is 0.255 e. The normalized spacial score (nSPS) is 14.7. The summed E-state index contributed by atoms with van der Waals surface area (Å²) in [5, 5.41) is 12.2. The van der Waals surface area contributed by atoms with E-state index in [0.717, 1.165) is 39.5 Å². The molecule has 2 heterocycles. The van der Waals surface area contributed by atoms with Gasteiger partial charge < -0.3 is 26.1 Å². The highest BCUT2D eigenvalue weighted by Crippen LogP contribution is 2.41. The molecule has 3 aromatic rings. The number of aromatic nitrogens is 2. The summed E-state index contributed by atoms with van der Waals surface area (Å²) in [6.07, 6.45) is 4.16. The molecule has 8 nitrogen and oxygen atoms in total. The van der Waals surface area contributed by atoms with E-state index < -0.39 is 13.0 Å². The number of alkyl halides is 2. The van der Waals surface area contributed by atoms with Crippen LogP contribution in [0, 0.1) is 11.3 Å². The van der Waals surface area contributed by atoms with Crippen molar-refractivity contribution in [3.05, 3.63) is 34.5 Å². The lowest BCUT2D eigenvalue weighted by atomic mass is 9.89. The van der Waals surface area contributed by atoms with Crippen LogP contribution in [0.4, 0.5) is 26.0 Å². The Hall–Kier alpha value is -3.34. The minimum Gasteiger partial charge on any atom is -0.489 e. The van der Waals surface area contributed by atoms with E-state index in [0.29, 0.717) is 29.3 Å². The molecular formula is C25H32F2N6O2S. The number of carbonyl (C=O) groups excluding carboxylic acids is 1. The first-order valence-corrected chi connectivity index (χ1v) is 12.5. The van der Waals surface area contributed by atoms with E-state index in [9.17, 15) is 13.6 Å². The smallest absolute Gasteiger partial charge is 0.255 e. The molecule has 1 unspecified atom stereocenters. The standard InChI is InChI=1S/C21H25N5OS.C4H7F2NO/c1-11(2)27-17-8-15(23)13(9-22)7-16(17)26-20-19-14-5-4-12(3)6-18(14)28-21(19)25-10-24-20;1-7(3-8)2-4(5)6/h7-12,22H,4-6,23H2,1-3H3,(H,24,25,26);3-4H,2H2,1H3. The summed E-state index contributed by atoms with van der Waals surface area (Å²) in [4.78, 5) is 22.0. The molecule has 36 heavy (non-hydrogen) atoms. The Morgan fingerprint density at radius 2 is 2.11 bits per heavy atom. The number of carbonyl (C=O) groups is 1. The molecule has 1 amide bonds. The fourth-order valence-electron chi connectivity index (χ4n) is 3.94. The van der Waals surface area contributed by atoms with Gasteiger partial charge in [0.25, 0.3) is 6.43 Å². The Balaban J connectivity index is 0.000000392. The number of rotatable bonds is 8. The minimum absolute atomic E-state index is 0.00611. The van der Waals surface area contributed by atoms with Crippen LogP contribution in [0.3, 0.4) is 0 Å². The predicted octanol–water partition coefficient (Wildman–Crippen LogP) is 5.27. The van der Waals surface area contributed by atoms with Gasteiger partial charge >= 0.3 is 0 Å². The monoisotopic (exact) mass is 518 g/mol. The zero-order valence-corrected chi connectivity index (χ0v) is 21.7. The molecule has 0 bridgehead atoms. The first-order chi connectivity index (χ1) is 17.1. The molecule has 194 valence electrons. The molecule has 1 atom stereocenters. The number of thiophene rings is 1. The van der Waals surface area contributed by atoms with Gasteiger partial charge in [-0.2, -0.15) is 0 Å². The molecule has 0 radical (unpaired) electrons. The molecule has 0 saturated carbocycles. The number of ether oxygens (including phenoxy) is 1. The number of hydrogen-bond acceptors (Lipinski definition) is 8. The molecule has 1 aliphatic carbocycles. The quantitative estimate of drug-likeness (QED) is 0.213. The molecular weight excluding hydrogens is 486 g/mol. The molecule has 11 heteroatoms. The van der Waals surface area contributed by atoms with Crippen LogP contribution in [0.5, 0.6) is 5.75 Å². The lowest BCUT2D eigenvalue weighted by molar-refractivity contribution is -0.118. The molecule has 4 N–H and O–H groups in total. The van der Waals surface area contributed by atoms with Gasteiger partial charge in [0.2, 0.25) is 6.41 Å². The van der Waals surface area contributed by atoms with E-state index in [1.807, 2.05) is 19.9 Å². The summed E-state index contributed by atoms with van der Waals surface area (Å²) in [5.41, 5.74) is 9.35. The van der Waals surface area contributed by atoms with Crippen molar-refractivity contribution in [3.63, 3.8) is 0 Å². The largest absolute Gasteiger partial charge is 0.489 e. The van der Waals surface area contributed by atoms with Crippen LogP contribution in [0.2, 0.25) is 0 Å². The Labute approximate surface area is 213 Å². The van der Waals surface area contributed by atoms with Crippen LogP contribution >= 0.6 is 11.3 Å². The third-order valence-corrected chi connectivity index (χ3v) is 6.82. The zero-order chi connectivity index (χ0) is 26.4. The average molecular weight is 519 g/mol. The second-order valence-electron chi connectivity index (χ2n) is 9.10. The van der Waals surface area contributed by atoms with Crippen molar-refractivity contribution in [3.8, 4) is 5.75 Å². The summed E-state index contributed by atoms with van der Waals surface area (Å²) in [5.74, 6) is 2.15. The first-order valence-electron chi connectivity index (χ1n) is 11.7. The first kappa shape index (κ1) is 27.3. The number of fused-ring (bicyclic) bond motifs is 3. The lowest BCUT2D eigenvalue weighted by Gasteiger charge is -2.19. The Bertz CT molecular complexity index is 1220. The van der Waals surface area contributed by atoms with Crippen LogP contribution in [0.25, 0.3) is 10.2 Å². The number of nitrogens with two attached hydrogens (primary N) is 1. The number of anilines is 3. The number of halogens is 2. The molecule has 1 aliphatic rings. The molecule has 4 rings (SSSR count). The van der Waals surface area contributed by atoms with Crippen LogP contribution in [-0.2, 0) is 17.6 Å². The van der Waals surface area contributed by atoms with Crippen molar-refractivity contribution in [2.75, 3.05) is 24.6 Å². The second kappa shape index (κ2) is 12.1. The summed E-state index contributed by atoms with van der Waals surface area (Å²) in [6, 6.07) is 3.61. The number of benzene rings is 1. The van der Waals surface area contributed by atoms with E-state index in [4.69, 9.17) is 15.9 Å². The molecule has 0 fully saturated rings. The van der Waals surface area contributed by atoms with Gasteiger partial charge in [0.05, 0.1) is 23.7 Å². The number of aryl methyl sites for hydroxylation is 1. The van der Waals surface area contributed by atoms with Crippen LogP contribution in [0.1, 0.15) is 43.2 Å². The third-order valence-electron chi connectivity index (χ3n) is 5.65. The van der Waals surface area contributed by atoms with Crippen molar-refractivity contribution in [1.82, 2.24) is 14.9 Å². The summed E-state index contributed by atoms with van der Waals surface area (Å²) < 4.78 is 28.5. The van der Waals surface area contributed by atoms with Crippen LogP contribution in [0.15, 0.2) is 18.5 Å². The van der Waals surface area contributed by atoms with Gasteiger partial charge in [0.1, 0.15) is 22.7 Å². The molecule has 0 saturated heterocycles. The fourth-order valence-corrected chi connectivity index (χ4v) is 5.29. The van der Waals surface area contributed by atoms with Gasteiger partial charge in [-0.15, -0.1) is 11.3 Å². The van der Waals surface area contributed by atoms with Crippen molar-refractivity contribution in [2.45, 2.75) is 52.6 Å². The van der Waals surface area contributed by atoms with E-state index in [2.05, 4.69) is 22.2 Å².